The van der Waals surface area contributed by atoms with E-state index in [0.717, 1.165) is 5.56 Å². The third-order valence-electron chi connectivity index (χ3n) is 2.46. The highest BCUT2D eigenvalue weighted by molar-refractivity contribution is 5.83. The molecule has 0 unspecified atom stereocenters. The van der Waals surface area contributed by atoms with Crippen molar-refractivity contribution in [1.29, 1.82) is 0 Å². The highest BCUT2D eigenvalue weighted by atomic mass is 16.4. The van der Waals surface area contributed by atoms with Gasteiger partial charge >= 0.3 is 5.97 Å². The number of aromatic carboxylic acids is 1. The molecule has 0 radical (unpaired) electrons. The number of carbonyl (C=O) groups is 1. The Kier molecular flexibility index (Phi) is 1.96. The van der Waals surface area contributed by atoms with Crippen LogP contribution in [0.2, 0.25) is 0 Å². The normalized spacial score (nSPS) is 24.7. The molecule has 5 nitrogen and oxygen atoms in total. The second-order valence-electron chi connectivity index (χ2n) is 3.49. The van der Waals surface area contributed by atoms with E-state index in [2.05, 4.69) is 9.97 Å². The smallest absolute Gasteiger partial charge is 0.373 e. The minimum atomic E-state index is -1.17. The van der Waals surface area contributed by atoms with Gasteiger partial charge in [0.05, 0.1) is 11.8 Å². The van der Waals surface area contributed by atoms with Crippen LogP contribution in [-0.2, 0) is 0 Å². The number of rotatable bonds is 1. The first-order valence-electron chi connectivity index (χ1n) is 4.37. The number of carboxylic acids is 1. The summed E-state index contributed by atoms with van der Waals surface area (Å²) in [5.41, 5.74) is 1.31. The van der Waals surface area contributed by atoms with Crippen molar-refractivity contribution in [2.24, 2.45) is 0 Å². The molecule has 0 saturated heterocycles. The summed E-state index contributed by atoms with van der Waals surface area (Å²) in [6.45, 7) is 1.96. The van der Waals surface area contributed by atoms with Crippen LogP contribution in [-0.4, -0.2) is 26.2 Å². The summed E-state index contributed by atoms with van der Waals surface area (Å²) < 4.78 is 0. The molecule has 1 aliphatic carbocycles. The van der Waals surface area contributed by atoms with Crippen molar-refractivity contribution in [3.8, 4) is 0 Å². The first-order chi connectivity index (χ1) is 6.59. The molecule has 2 atom stereocenters. The van der Waals surface area contributed by atoms with Crippen molar-refractivity contribution in [2.45, 2.75) is 25.4 Å². The third kappa shape index (κ3) is 1.26. The minimum absolute atomic E-state index is 0.197. The Hall–Kier alpha value is -1.49. The molecule has 14 heavy (non-hydrogen) atoms. The summed E-state index contributed by atoms with van der Waals surface area (Å²) in [5.74, 6) is -1.22. The third-order valence-corrected chi connectivity index (χ3v) is 2.46. The monoisotopic (exact) mass is 194 g/mol. The largest absolute Gasteiger partial charge is 0.475 e. The first kappa shape index (κ1) is 9.08. The quantitative estimate of drug-likeness (QED) is 0.688. The van der Waals surface area contributed by atoms with Crippen LogP contribution in [0.1, 0.15) is 47.2 Å². The first-order valence-corrected chi connectivity index (χ1v) is 4.37. The summed E-state index contributed by atoms with van der Waals surface area (Å²) in [7, 11) is 0. The van der Waals surface area contributed by atoms with Gasteiger partial charge in [0.25, 0.3) is 0 Å². The Morgan fingerprint density at radius 1 is 1.64 bits per heavy atom. The SMILES string of the molecule is C[C@@H]1C[C@H](O)c2nc(C(=O)O)ncc21. The van der Waals surface area contributed by atoms with Crippen molar-refractivity contribution < 1.29 is 15.0 Å². The van der Waals surface area contributed by atoms with Gasteiger partial charge in [0.2, 0.25) is 5.82 Å². The van der Waals surface area contributed by atoms with Crippen LogP contribution in [0.25, 0.3) is 0 Å². The molecule has 0 saturated carbocycles. The molecule has 0 spiro atoms. The molecule has 74 valence electrons. The maximum Gasteiger partial charge on any atom is 0.373 e. The van der Waals surface area contributed by atoms with Gasteiger partial charge < -0.3 is 10.2 Å². The fourth-order valence-electron chi connectivity index (χ4n) is 1.73. The van der Waals surface area contributed by atoms with Gasteiger partial charge in [-0.05, 0) is 17.9 Å². The van der Waals surface area contributed by atoms with E-state index in [0.29, 0.717) is 12.1 Å². The molecule has 2 N–H and O–H groups in total. The van der Waals surface area contributed by atoms with Crippen molar-refractivity contribution in [1.82, 2.24) is 9.97 Å². The standard InChI is InChI=1S/C9H10N2O3/c1-4-2-6(12)7-5(4)3-10-8(11-7)9(13)14/h3-4,6,12H,2H2,1H3,(H,13,14)/t4-,6+/m1/s1. The van der Waals surface area contributed by atoms with Crippen molar-refractivity contribution >= 4 is 5.97 Å². The Labute approximate surface area is 80.4 Å². The second-order valence-corrected chi connectivity index (χ2v) is 3.49. The van der Waals surface area contributed by atoms with Gasteiger partial charge in [-0.1, -0.05) is 6.92 Å². The molecular weight excluding hydrogens is 184 g/mol. The maximum absolute atomic E-state index is 10.6. The number of aromatic nitrogens is 2. The zero-order valence-corrected chi connectivity index (χ0v) is 7.64. The molecular formula is C9H10N2O3. The molecule has 5 heteroatoms. The predicted molar refractivity (Wildman–Crippen MR) is 47.0 cm³/mol. The molecule has 2 rings (SSSR count). The van der Waals surface area contributed by atoms with E-state index in [-0.39, 0.29) is 11.7 Å². The van der Waals surface area contributed by atoms with Crippen molar-refractivity contribution in [3.63, 3.8) is 0 Å². The van der Waals surface area contributed by atoms with Crippen molar-refractivity contribution in [3.05, 3.63) is 23.3 Å². The van der Waals surface area contributed by atoms with E-state index >= 15 is 0 Å². The van der Waals surface area contributed by atoms with E-state index in [4.69, 9.17) is 5.11 Å². The second kappa shape index (κ2) is 3.02. The lowest BCUT2D eigenvalue weighted by atomic mass is 10.1. The fourth-order valence-corrected chi connectivity index (χ4v) is 1.73. The average Bonchev–Trinajstić information content (AvgIpc) is 2.42. The van der Waals surface area contributed by atoms with Crippen molar-refractivity contribution in [2.75, 3.05) is 0 Å². The maximum atomic E-state index is 10.6. The number of fused-ring (bicyclic) bond motifs is 1. The van der Waals surface area contributed by atoms with Crippen LogP contribution in [0.4, 0.5) is 0 Å². The van der Waals surface area contributed by atoms with Gasteiger partial charge in [0.15, 0.2) is 0 Å². The fraction of sp³-hybridized carbons (Fsp3) is 0.444. The summed E-state index contributed by atoms with van der Waals surface area (Å²) in [6.07, 6.45) is 1.43. The molecule has 0 aliphatic heterocycles. The van der Waals surface area contributed by atoms with Crippen LogP contribution in [0.3, 0.4) is 0 Å². The summed E-state index contributed by atoms with van der Waals surface area (Å²) >= 11 is 0. The number of aliphatic hydroxyl groups is 1. The van der Waals surface area contributed by atoms with E-state index in [1.165, 1.54) is 6.20 Å². The van der Waals surface area contributed by atoms with Gasteiger partial charge in [0.1, 0.15) is 0 Å². The molecule has 1 aromatic heterocycles. The van der Waals surface area contributed by atoms with Gasteiger partial charge in [-0.3, -0.25) is 0 Å². The molecule has 1 heterocycles. The summed E-state index contributed by atoms with van der Waals surface area (Å²) in [5, 5.41) is 18.2. The predicted octanol–water partition coefficient (Wildman–Crippen LogP) is 0.715. The number of nitrogens with zero attached hydrogens (tertiary/aromatic N) is 2. The van der Waals surface area contributed by atoms with Crippen LogP contribution in [0.15, 0.2) is 6.20 Å². The summed E-state index contributed by atoms with van der Waals surface area (Å²) in [4.78, 5) is 18.1. The Morgan fingerprint density at radius 3 is 3.00 bits per heavy atom. The number of hydrogen-bond acceptors (Lipinski definition) is 4. The highest BCUT2D eigenvalue weighted by Crippen LogP contribution is 2.37. The van der Waals surface area contributed by atoms with Crippen LogP contribution >= 0.6 is 0 Å². The van der Waals surface area contributed by atoms with Gasteiger partial charge in [-0.2, -0.15) is 0 Å². The molecule has 1 aliphatic rings. The number of carboxylic acid groups (broad SMARTS) is 1. The Balaban J connectivity index is 2.50. The lowest BCUT2D eigenvalue weighted by Gasteiger charge is -2.02. The molecule has 0 aromatic carbocycles. The lowest BCUT2D eigenvalue weighted by Crippen LogP contribution is -2.07. The number of aliphatic hydroxyl groups excluding tert-OH is 1. The van der Waals surface area contributed by atoms with Crippen LogP contribution < -0.4 is 0 Å². The topological polar surface area (TPSA) is 83.3 Å². The van der Waals surface area contributed by atoms with Gasteiger partial charge in [-0.15, -0.1) is 0 Å². The molecule has 0 bridgehead atoms. The van der Waals surface area contributed by atoms with E-state index in [1.807, 2.05) is 6.92 Å². The van der Waals surface area contributed by atoms with Gasteiger partial charge in [0, 0.05) is 6.20 Å². The highest BCUT2D eigenvalue weighted by Gasteiger charge is 2.29. The van der Waals surface area contributed by atoms with Crippen LogP contribution in [0, 0.1) is 0 Å². The zero-order valence-electron chi connectivity index (χ0n) is 7.64. The van der Waals surface area contributed by atoms with E-state index < -0.39 is 12.1 Å². The molecule has 0 fully saturated rings. The molecule has 1 aromatic rings. The van der Waals surface area contributed by atoms with E-state index in [9.17, 15) is 9.90 Å². The Bertz CT molecular complexity index is 392. The lowest BCUT2D eigenvalue weighted by molar-refractivity contribution is 0.0682. The van der Waals surface area contributed by atoms with E-state index in [1.54, 1.807) is 0 Å². The summed E-state index contributed by atoms with van der Waals surface area (Å²) in [6, 6.07) is 0. The zero-order chi connectivity index (χ0) is 10.3. The molecule has 0 amide bonds. The average molecular weight is 194 g/mol. The van der Waals surface area contributed by atoms with Gasteiger partial charge in [-0.25, -0.2) is 14.8 Å². The number of hydrogen-bond donors (Lipinski definition) is 2. The Morgan fingerprint density at radius 2 is 2.36 bits per heavy atom. The van der Waals surface area contributed by atoms with Crippen LogP contribution in [0.5, 0.6) is 0 Å². The minimum Gasteiger partial charge on any atom is -0.475 e.